The molecular formula is C13H9INO3-. The molecule has 3 rings (SSSR count). The van der Waals surface area contributed by atoms with Gasteiger partial charge in [0.15, 0.2) is 5.43 Å². The molecule has 92 valence electrons. The summed E-state index contributed by atoms with van der Waals surface area (Å²) in [5, 5.41) is 11.4. The SMILES string of the molecule is O=C([O-])c1cn(C2CC2)c2cc(I)ccc2c1=O. The summed E-state index contributed by atoms with van der Waals surface area (Å²) in [4.78, 5) is 23.0. The van der Waals surface area contributed by atoms with Gasteiger partial charge in [0, 0.05) is 21.2 Å². The molecule has 1 heterocycles. The zero-order valence-corrected chi connectivity index (χ0v) is 11.5. The van der Waals surface area contributed by atoms with Crippen molar-refractivity contribution in [2.24, 2.45) is 0 Å². The van der Waals surface area contributed by atoms with Gasteiger partial charge in [-0.3, -0.25) is 4.79 Å². The highest BCUT2D eigenvalue weighted by molar-refractivity contribution is 14.1. The first-order chi connectivity index (χ1) is 8.58. The second-order valence-electron chi connectivity index (χ2n) is 4.46. The maximum Gasteiger partial charge on any atom is 0.198 e. The first-order valence-electron chi connectivity index (χ1n) is 5.63. The van der Waals surface area contributed by atoms with Crippen LogP contribution >= 0.6 is 22.6 Å². The largest absolute Gasteiger partial charge is 0.545 e. The number of carbonyl (C=O) groups is 1. The molecule has 0 atom stereocenters. The molecule has 18 heavy (non-hydrogen) atoms. The van der Waals surface area contributed by atoms with Crippen LogP contribution < -0.4 is 10.5 Å². The van der Waals surface area contributed by atoms with Crippen LogP contribution in [0, 0.1) is 3.57 Å². The molecular weight excluding hydrogens is 345 g/mol. The van der Waals surface area contributed by atoms with Crippen molar-refractivity contribution in [2.45, 2.75) is 18.9 Å². The molecule has 0 bridgehead atoms. The van der Waals surface area contributed by atoms with Crippen molar-refractivity contribution in [3.8, 4) is 0 Å². The fraction of sp³-hybridized carbons (Fsp3) is 0.231. The number of carboxylic acids is 1. The number of rotatable bonds is 2. The van der Waals surface area contributed by atoms with Crippen LogP contribution in [-0.2, 0) is 0 Å². The number of aromatic nitrogens is 1. The third-order valence-electron chi connectivity index (χ3n) is 3.16. The Hall–Kier alpha value is -1.37. The first-order valence-corrected chi connectivity index (χ1v) is 6.71. The number of nitrogens with zero attached hydrogens (tertiary/aromatic N) is 1. The summed E-state index contributed by atoms with van der Waals surface area (Å²) in [5.74, 6) is -1.41. The van der Waals surface area contributed by atoms with Crippen molar-refractivity contribution < 1.29 is 9.90 Å². The van der Waals surface area contributed by atoms with Crippen molar-refractivity contribution >= 4 is 39.5 Å². The van der Waals surface area contributed by atoms with Crippen molar-refractivity contribution in [1.82, 2.24) is 4.57 Å². The van der Waals surface area contributed by atoms with Crippen LogP contribution in [0.25, 0.3) is 10.9 Å². The highest BCUT2D eigenvalue weighted by Crippen LogP contribution is 2.37. The normalized spacial score (nSPS) is 14.9. The van der Waals surface area contributed by atoms with Gasteiger partial charge in [-0.25, -0.2) is 0 Å². The van der Waals surface area contributed by atoms with Crippen LogP contribution in [0.1, 0.15) is 29.2 Å². The summed E-state index contributed by atoms with van der Waals surface area (Å²) in [6, 6.07) is 5.71. The summed E-state index contributed by atoms with van der Waals surface area (Å²) in [6.07, 6.45) is 3.47. The number of pyridine rings is 1. The zero-order valence-electron chi connectivity index (χ0n) is 9.35. The minimum atomic E-state index is -1.41. The fourth-order valence-corrected chi connectivity index (χ4v) is 2.60. The lowest BCUT2D eigenvalue weighted by molar-refractivity contribution is -0.255. The number of benzene rings is 1. The molecule has 4 nitrogen and oxygen atoms in total. The summed E-state index contributed by atoms with van der Waals surface area (Å²) < 4.78 is 2.92. The van der Waals surface area contributed by atoms with E-state index in [4.69, 9.17) is 0 Å². The number of aromatic carboxylic acids is 1. The standard InChI is InChI=1S/C13H10INO3/c14-7-1-4-9-11(5-7)15(8-2-3-8)6-10(12(9)16)13(17)18/h1,4-6,8H,2-3H2,(H,17,18)/p-1. The van der Waals surface area contributed by atoms with Gasteiger partial charge in [-0.2, -0.15) is 0 Å². The van der Waals surface area contributed by atoms with E-state index >= 15 is 0 Å². The van der Waals surface area contributed by atoms with Crippen molar-refractivity contribution in [2.75, 3.05) is 0 Å². The molecule has 1 aromatic carbocycles. The van der Waals surface area contributed by atoms with Crippen LogP contribution in [0.5, 0.6) is 0 Å². The van der Waals surface area contributed by atoms with E-state index in [0.717, 1.165) is 21.9 Å². The molecule has 1 aliphatic carbocycles. The number of hydrogen-bond acceptors (Lipinski definition) is 3. The molecule has 0 aliphatic heterocycles. The minimum absolute atomic E-state index is 0.254. The molecule has 1 saturated carbocycles. The number of carbonyl (C=O) groups excluding carboxylic acids is 1. The Kier molecular flexibility index (Phi) is 2.65. The first kappa shape index (κ1) is 11.7. The second-order valence-corrected chi connectivity index (χ2v) is 5.70. The lowest BCUT2D eigenvalue weighted by Gasteiger charge is -2.13. The maximum absolute atomic E-state index is 12.0. The van der Waals surface area contributed by atoms with Gasteiger partial charge in [0.2, 0.25) is 0 Å². The molecule has 0 radical (unpaired) electrons. The summed E-state index contributed by atoms with van der Waals surface area (Å²) in [7, 11) is 0. The molecule has 5 heteroatoms. The Morgan fingerprint density at radius 3 is 2.72 bits per heavy atom. The van der Waals surface area contributed by atoms with Crippen molar-refractivity contribution in [3.05, 3.63) is 43.8 Å². The van der Waals surface area contributed by atoms with Crippen molar-refractivity contribution in [3.63, 3.8) is 0 Å². The van der Waals surface area contributed by atoms with Crippen molar-refractivity contribution in [1.29, 1.82) is 0 Å². The topological polar surface area (TPSA) is 62.1 Å². The van der Waals surface area contributed by atoms with E-state index in [1.54, 1.807) is 12.1 Å². The van der Waals surface area contributed by atoms with E-state index in [1.165, 1.54) is 6.20 Å². The lowest BCUT2D eigenvalue weighted by Crippen LogP contribution is -2.30. The van der Waals surface area contributed by atoms with Gasteiger partial charge in [0.05, 0.1) is 17.0 Å². The molecule has 0 amide bonds. The lowest BCUT2D eigenvalue weighted by atomic mass is 10.1. The molecule has 0 spiro atoms. The predicted octanol–water partition coefficient (Wildman–Crippen LogP) is 1.30. The van der Waals surface area contributed by atoms with Gasteiger partial charge in [0.25, 0.3) is 0 Å². The quantitative estimate of drug-likeness (QED) is 0.764. The molecule has 1 aliphatic rings. The molecule has 1 aromatic heterocycles. The zero-order chi connectivity index (χ0) is 12.9. The molecule has 0 saturated heterocycles. The van der Waals surface area contributed by atoms with Crippen LogP contribution in [0.2, 0.25) is 0 Å². The van der Waals surface area contributed by atoms with Gasteiger partial charge >= 0.3 is 0 Å². The van der Waals surface area contributed by atoms with E-state index in [9.17, 15) is 14.7 Å². The highest BCUT2D eigenvalue weighted by atomic mass is 127. The van der Waals surface area contributed by atoms with E-state index in [1.807, 2.05) is 10.6 Å². The molecule has 2 aromatic rings. The summed E-state index contributed by atoms with van der Waals surface area (Å²) in [5.41, 5.74) is 0.0910. The van der Waals surface area contributed by atoms with Crippen LogP contribution in [-0.4, -0.2) is 10.5 Å². The second kappa shape index (κ2) is 4.08. The van der Waals surface area contributed by atoms with E-state index < -0.39 is 11.4 Å². The van der Waals surface area contributed by atoms with E-state index in [0.29, 0.717) is 11.4 Å². The molecule has 0 unspecified atom stereocenters. The third kappa shape index (κ3) is 1.82. The van der Waals surface area contributed by atoms with Gasteiger partial charge in [0.1, 0.15) is 0 Å². The van der Waals surface area contributed by atoms with Gasteiger partial charge in [-0.05, 0) is 53.6 Å². The average Bonchev–Trinajstić information content (AvgIpc) is 3.13. The Morgan fingerprint density at radius 2 is 2.11 bits per heavy atom. The third-order valence-corrected chi connectivity index (χ3v) is 3.83. The summed E-state index contributed by atoms with van der Waals surface area (Å²) in [6.45, 7) is 0. The summed E-state index contributed by atoms with van der Waals surface area (Å²) >= 11 is 2.18. The number of halogens is 1. The minimum Gasteiger partial charge on any atom is -0.545 e. The monoisotopic (exact) mass is 354 g/mol. The van der Waals surface area contributed by atoms with Crippen LogP contribution in [0.4, 0.5) is 0 Å². The predicted molar refractivity (Wildman–Crippen MR) is 73.5 cm³/mol. The van der Waals surface area contributed by atoms with Gasteiger partial charge < -0.3 is 14.5 Å². The highest BCUT2D eigenvalue weighted by Gasteiger charge is 2.25. The maximum atomic E-state index is 12.0. The Morgan fingerprint density at radius 1 is 1.39 bits per heavy atom. The van der Waals surface area contributed by atoms with Crippen LogP contribution in [0.3, 0.4) is 0 Å². The Labute approximate surface area is 116 Å². The fourth-order valence-electron chi connectivity index (χ4n) is 2.12. The number of hydrogen-bond donors (Lipinski definition) is 0. The van der Waals surface area contributed by atoms with Gasteiger partial charge in [-0.1, -0.05) is 0 Å². The average molecular weight is 354 g/mol. The van der Waals surface area contributed by atoms with Crippen LogP contribution in [0.15, 0.2) is 29.2 Å². The van der Waals surface area contributed by atoms with E-state index in [2.05, 4.69) is 22.6 Å². The number of carboxylic acid groups (broad SMARTS) is 1. The Bertz CT molecular complexity index is 716. The smallest absolute Gasteiger partial charge is 0.198 e. The Balaban J connectivity index is 2.43. The van der Waals surface area contributed by atoms with Gasteiger partial charge in [-0.15, -0.1) is 0 Å². The van der Waals surface area contributed by atoms with E-state index in [-0.39, 0.29) is 5.56 Å². The molecule has 1 fully saturated rings. The number of fused-ring (bicyclic) bond motifs is 1. The molecule has 0 N–H and O–H groups in total.